The zero-order chi connectivity index (χ0) is 16.8. The molecule has 1 N–H and O–H groups in total. The number of benzene rings is 2. The number of nitrogens with zero attached hydrogens (tertiary/aromatic N) is 1. The van der Waals surface area contributed by atoms with Gasteiger partial charge in [-0.2, -0.15) is 0 Å². The molecular formula is C19H18N2O3. The Labute approximate surface area is 140 Å². The number of ether oxygens (including phenoxy) is 2. The third-order valence-electron chi connectivity index (χ3n) is 3.42. The van der Waals surface area contributed by atoms with Crippen LogP contribution in [0.3, 0.4) is 0 Å². The number of anilines is 1. The molecule has 0 aliphatic heterocycles. The molecule has 24 heavy (non-hydrogen) atoms. The first kappa shape index (κ1) is 15.8. The summed E-state index contributed by atoms with van der Waals surface area (Å²) in [5.41, 5.74) is 1.41. The zero-order valence-electron chi connectivity index (χ0n) is 13.4. The number of carbonyl (C=O) groups is 1. The van der Waals surface area contributed by atoms with Crippen LogP contribution in [0.15, 0.2) is 60.8 Å². The maximum absolute atomic E-state index is 12.2. The van der Waals surface area contributed by atoms with Gasteiger partial charge in [-0.15, -0.1) is 0 Å². The standard InChI is InChI=1S/C19H18N2O3/c1-2-23-17-11-10-16(15-9-6-12-20-19(15)17)21-18(22)13-24-14-7-4-3-5-8-14/h3-12H,2,13H2,1H3,(H,21,22). The quantitative estimate of drug-likeness (QED) is 0.752. The lowest BCUT2D eigenvalue weighted by Crippen LogP contribution is -2.20. The Morgan fingerprint density at radius 2 is 1.88 bits per heavy atom. The van der Waals surface area contributed by atoms with Gasteiger partial charge < -0.3 is 14.8 Å². The molecule has 0 radical (unpaired) electrons. The van der Waals surface area contributed by atoms with E-state index in [9.17, 15) is 4.79 Å². The number of para-hydroxylation sites is 1. The number of carbonyl (C=O) groups excluding carboxylic acids is 1. The third kappa shape index (κ3) is 3.63. The Hall–Kier alpha value is -3.08. The molecule has 0 aliphatic carbocycles. The Bertz CT molecular complexity index is 834. The molecule has 3 aromatic rings. The summed E-state index contributed by atoms with van der Waals surface area (Å²) in [6, 6.07) is 16.6. The van der Waals surface area contributed by atoms with Crippen LogP contribution in [0.25, 0.3) is 10.9 Å². The van der Waals surface area contributed by atoms with E-state index >= 15 is 0 Å². The second kappa shape index (κ2) is 7.46. The van der Waals surface area contributed by atoms with Crippen molar-refractivity contribution in [3.05, 3.63) is 60.8 Å². The van der Waals surface area contributed by atoms with E-state index in [2.05, 4.69) is 10.3 Å². The average Bonchev–Trinajstić information content (AvgIpc) is 2.63. The number of pyridine rings is 1. The molecule has 5 heteroatoms. The average molecular weight is 322 g/mol. The van der Waals surface area contributed by atoms with Crippen LogP contribution < -0.4 is 14.8 Å². The largest absolute Gasteiger partial charge is 0.492 e. The van der Waals surface area contributed by atoms with Gasteiger partial charge in [0.15, 0.2) is 6.61 Å². The van der Waals surface area contributed by atoms with Gasteiger partial charge in [0.2, 0.25) is 0 Å². The third-order valence-corrected chi connectivity index (χ3v) is 3.42. The van der Waals surface area contributed by atoms with E-state index in [1.165, 1.54) is 0 Å². The molecule has 0 aliphatic rings. The second-order valence-corrected chi connectivity index (χ2v) is 5.09. The highest BCUT2D eigenvalue weighted by molar-refractivity contribution is 6.03. The van der Waals surface area contributed by atoms with Gasteiger partial charge in [0.1, 0.15) is 17.0 Å². The molecule has 2 aromatic carbocycles. The summed E-state index contributed by atoms with van der Waals surface area (Å²) in [5, 5.41) is 3.70. The van der Waals surface area contributed by atoms with Gasteiger partial charge in [-0.3, -0.25) is 9.78 Å². The van der Waals surface area contributed by atoms with E-state index < -0.39 is 0 Å². The smallest absolute Gasteiger partial charge is 0.262 e. The van der Waals surface area contributed by atoms with E-state index in [4.69, 9.17) is 9.47 Å². The van der Waals surface area contributed by atoms with Gasteiger partial charge in [-0.25, -0.2) is 0 Å². The molecule has 0 unspecified atom stereocenters. The molecule has 0 saturated heterocycles. The summed E-state index contributed by atoms with van der Waals surface area (Å²) in [6.45, 7) is 2.42. The summed E-state index contributed by atoms with van der Waals surface area (Å²) in [5.74, 6) is 1.13. The molecule has 5 nitrogen and oxygen atoms in total. The van der Waals surface area contributed by atoms with Crippen molar-refractivity contribution in [2.45, 2.75) is 6.92 Å². The summed E-state index contributed by atoms with van der Waals surface area (Å²) < 4.78 is 11.0. The molecule has 1 aromatic heterocycles. The minimum absolute atomic E-state index is 0.0566. The van der Waals surface area contributed by atoms with Gasteiger partial charge in [0, 0.05) is 11.6 Å². The van der Waals surface area contributed by atoms with Crippen molar-refractivity contribution in [1.29, 1.82) is 0 Å². The monoisotopic (exact) mass is 322 g/mol. The number of hydrogen-bond donors (Lipinski definition) is 1. The zero-order valence-corrected chi connectivity index (χ0v) is 13.4. The molecule has 1 amide bonds. The van der Waals surface area contributed by atoms with Crippen molar-refractivity contribution in [1.82, 2.24) is 4.98 Å². The lowest BCUT2D eigenvalue weighted by molar-refractivity contribution is -0.118. The van der Waals surface area contributed by atoms with Crippen LogP contribution in [0.2, 0.25) is 0 Å². The van der Waals surface area contributed by atoms with Gasteiger partial charge in [-0.05, 0) is 43.3 Å². The van der Waals surface area contributed by atoms with Crippen LogP contribution in [-0.4, -0.2) is 24.1 Å². The number of rotatable bonds is 6. The van der Waals surface area contributed by atoms with E-state index in [-0.39, 0.29) is 12.5 Å². The minimum atomic E-state index is -0.229. The second-order valence-electron chi connectivity index (χ2n) is 5.09. The normalized spacial score (nSPS) is 10.4. The Morgan fingerprint density at radius 1 is 1.04 bits per heavy atom. The summed E-state index contributed by atoms with van der Waals surface area (Å²) in [7, 11) is 0. The van der Waals surface area contributed by atoms with Crippen molar-refractivity contribution < 1.29 is 14.3 Å². The summed E-state index contributed by atoms with van der Waals surface area (Å²) in [4.78, 5) is 16.5. The van der Waals surface area contributed by atoms with Gasteiger partial charge in [-0.1, -0.05) is 18.2 Å². The number of amides is 1. The molecule has 0 bridgehead atoms. The number of hydrogen-bond acceptors (Lipinski definition) is 4. The SMILES string of the molecule is CCOc1ccc(NC(=O)COc2ccccc2)c2cccnc12. The Morgan fingerprint density at radius 3 is 2.67 bits per heavy atom. The predicted molar refractivity (Wildman–Crippen MR) is 93.5 cm³/mol. The molecule has 0 saturated carbocycles. The topological polar surface area (TPSA) is 60.5 Å². The lowest BCUT2D eigenvalue weighted by atomic mass is 10.1. The van der Waals surface area contributed by atoms with Gasteiger partial charge in [0.25, 0.3) is 5.91 Å². The molecule has 1 heterocycles. The van der Waals surface area contributed by atoms with Crippen LogP contribution in [0.4, 0.5) is 5.69 Å². The summed E-state index contributed by atoms with van der Waals surface area (Å²) in [6.07, 6.45) is 1.70. The van der Waals surface area contributed by atoms with Gasteiger partial charge >= 0.3 is 0 Å². The van der Waals surface area contributed by atoms with Crippen LogP contribution in [0.5, 0.6) is 11.5 Å². The number of nitrogens with one attached hydrogen (secondary N) is 1. The van der Waals surface area contributed by atoms with Crippen LogP contribution >= 0.6 is 0 Å². The van der Waals surface area contributed by atoms with Crippen LogP contribution in [0, 0.1) is 0 Å². The first-order valence-electron chi connectivity index (χ1n) is 7.76. The fraction of sp³-hybridized carbons (Fsp3) is 0.158. The highest BCUT2D eigenvalue weighted by Crippen LogP contribution is 2.29. The van der Waals surface area contributed by atoms with Crippen molar-refractivity contribution in [2.75, 3.05) is 18.5 Å². The molecule has 0 atom stereocenters. The van der Waals surface area contributed by atoms with E-state index in [1.54, 1.807) is 6.20 Å². The summed E-state index contributed by atoms with van der Waals surface area (Å²) >= 11 is 0. The first-order valence-corrected chi connectivity index (χ1v) is 7.76. The molecule has 122 valence electrons. The minimum Gasteiger partial charge on any atom is -0.492 e. The van der Waals surface area contributed by atoms with Crippen LogP contribution in [-0.2, 0) is 4.79 Å². The Kier molecular flexibility index (Phi) is 4.91. The predicted octanol–water partition coefficient (Wildman–Crippen LogP) is 3.65. The molecule has 0 spiro atoms. The number of aromatic nitrogens is 1. The molecular weight excluding hydrogens is 304 g/mol. The van der Waals surface area contributed by atoms with Crippen molar-refractivity contribution in [3.63, 3.8) is 0 Å². The lowest BCUT2D eigenvalue weighted by Gasteiger charge is -2.12. The Balaban J connectivity index is 1.75. The van der Waals surface area contributed by atoms with Gasteiger partial charge in [0.05, 0.1) is 12.3 Å². The van der Waals surface area contributed by atoms with Crippen LogP contribution in [0.1, 0.15) is 6.92 Å². The van der Waals surface area contributed by atoms with Crippen molar-refractivity contribution >= 4 is 22.5 Å². The number of fused-ring (bicyclic) bond motifs is 1. The molecule has 0 fully saturated rings. The highest BCUT2D eigenvalue weighted by Gasteiger charge is 2.10. The van der Waals surface area contributed by atoms with Crippen molar-refractivity contribution in [3.8, 4) is 11.5 Å². The van der Waals surface area contributed by atoms with Crippen molar-refractivity contribution in [2.24, 2.45) is 0 Å². The van der Waals surface area contributed by atoms with E-state index in [0.29, 0.717) is 23.8 Å². The van der Waals surface area contributed by atoms with E-state index in [1.807, 2.05) is 61.5 Å². The maximum Gasteiger partial charge on any atom is 0.262 e. The fourth-order valence-electron chi connectivity index (χ4n) is 2.38. The maximum atomic E-state index is 12.2. The fourth-order valence-corrected chi connectivity index (χ4v) is 2.38. The molecule has 3 rings (SSSR count). The first-order chi connectivity index (χ1) is 11.8. The highest BCUT2D eigenvalue weighted by atomic mass is 16.5. The van der Waals surface area contributed by atoms with E-state index in [0.717, 1.165) is 10.9 Å².